The molecule has 1 spiro atoms. The molecule has 0 amide bonds. The Morgan fingerprint density at radius 1 is 1.06 bits per heavy atom. The zero-order valence-corrected chi connectivity index (χ0v) is 30.7. The fourth-order valence-electron chi connectivity index (χ4n) is 9.95. The summed E-state index contributed by atoms with van der Waals surface area (Å²) in [5.41, 5.74) is -4.45. The SMILES string of the molecule is CCCCOC(=O)[C@@]12OC[C@]34[C@H]([C@@H](O)[C@@H]1O)[C@@]1(C)C=C(O[C@@H]5O[C@H](CO)[C@@H](O)[C@H](O)[C@H]5O)C(=O)[C@@H](C)[C@@H]1C[C@H]3OC(=O)[C@H](OC(=O)/C=C(\C)C(C)C)[C@@H]24. The minimum atomic E-state index is -2.35. The van der Waals surface area contributed by atoms with Gasteiger partial charge in [0.1, 0.15) is 36.6 Å². The number of aliphatic hydroxyl groups excluding tert-OH is 6. The summed E-state index contributed by atoms with van der Waals surface area (Å²) in [6.07, 6.45) is -11.0. The van der Waals surface area contributed by atoms with Crippen LogP contribution in [0.1, 0.15) is 60.8 Å². The van der Waals surface area contributed by atoms with Crippen LogP contribution in [0.4, 0.5) is 0 Å². The van der Waals surface area contributed by atoms with Crippen LogP contribution in [-0.2, 0) is 47.6 Å². The smallest absolute Gasteiger partial charge is 0.348 e. The van der Waals surface area contributed by atoms with Gasteiger partial charge in [-0.05, 0) is 43.1 Å². The predicted molar refractivity (Wildman–Crippen MR) is 178 cm³/mol. The monoisotopic (exact) mass is 752 g/mol. The zero-order valence-electron chi connectivity index (χ0n) is 30.7. The summed E-state index contributed by atoms with van der Waals surface area (Å²) >= 11 is 0. The Morgan fingerprint density at radius 2 is 1.75 bits per heavy atom. The summed E-state index contributed by atoms with van der Waals surface area (Å²) in [6.45, 7) is 9.61. The van der Waals surface area contributed by atoms with E-state index in [0.29, 0.717) is 18.4 Å². The molecule has 2 saturated carbocycles. The van der Waals surface area contributed by atoms with Crippen molar-refractivity contribution >= 4 is 23.7 Å². The molecule has 3 saturated heterocycles. The molecule has 0 aromatic rings. The summed E-state index contributed by atoms with van der Waals surface area (Å²) < 4.78 is 35.2. The predicted octanol–water partition coefficient (Wildman–Crippen LogP) is -0.562. The van der Waals surface area contributed by atoms with Gasteiger partial charge in [-0.25, -0.2) is 14.4 Å². The lowest BCUT2D eigenvalue weighted by molar-refractivity contribution is -0.296. The molecule has 0 aromatic heterocycles. The number of aliphatic hydroxyl groups is 6. The second-order valence-corrected chi connectivity index (χ2v) is 16.1. The number of fused-ring (bicyclic) bond motifs is 2. The molecule has 0 unspecified atom stereocenters. The highest BCUT2D eigenvalue weighted by atomic mass is 16.7. The van der Waals surface area contributed by atoms with Crippen LogP contribution in [0.5, 0.6) is 0 Å². The Hall–Kier alpha value is -2.96. The number of carbonyl (C=O) groups excluding carboxylic acids is 4. The van der Waals surface area contributed by atoms with Crippen molar-refractivity contribution in [2.24, 2.45) is 40.4 Å². The number of allylic oxidation sites excluding steroid dienone is 3. The van der Waals surface area contributed by atoms with E-state index in [9.17, 15) is 49.8 Å². The molecule has 6 N–H and O–H groups in total. The third-order valence-corrected chi connectivity index (χ3v) is 13.0. The maximum absolute atomic E-state index is 14.2. The lowest BCUT2D eigenvalue weighted by Crippen LogP contribution is -2.79. The molecule has 0 radical (unpaired) electrons. The van der Waals surface area contributed by atoms with E-state index in [1.807, 2.05) is 20.8 Å². The molecule has 296 valence electrons. The van der Waals surface area contributed by atoms with Crippen LogP contribution in [0, 0.1) is 40.4 Å². The summed E-state index contributed by atoms with van der Waals surface area (Å²) in [5, 5.41) is 65.4. The molecule has 16 atom stereocenters. The average molecular weight is 753 g/mol. The van der Waals surface area contributed by atoms with Crippen LogP contribution < -0.4 is 0 Å². The number of esters is 3. The van der Waals surface area contributed by atoms with Gasteiger partial charge in [0.05, 0.1) is 31.8 Å². The van der Waals surface area contributed by atoms with Crippen LogP contribution in [0.15, 0.2) is 23.5 Å². The summed E-state index contributed by atoms with van der Waals surface area (Å²) in [6, 6.07) is 0. The molecular formula is C37H52O16. The Balaban J connectivity index is 1.47. The van der Waals surface area contributed by atoms with Gasteiger partial charge in [-0.2, -0.15) is 0 Å². The quantitative estimate of drug-likeness (QED) is 0.0709. The first-order valence-corrected chi connectivity index (χ1v) is 18.4. The second kappa shape index (κ2) is 14.3. The van der Waals surface area contributed by atoms with Crippen molar-refractivity contribution in [1.82, 2.24) is 0 Å². The first kappa shape index (κ1) is 39.7. The van der Waals surface area contributed by atoms with Crippen LogP contribution in [0.25, 0.3) is 0 Å². The van der Waals surface area contributed by atoms with E-state index in [1.165, 1.54) is 12.2 Å². The molecular weight excluding hydrogens is 700 g/mol. The van der Waals surface area contributed by atoms with Crippen molar-refractivity contribution in [1.29, 1.82) is 0 Å². The van der Waals surface area contributed by atoms with Gasteiger partial charge >= 0.3 is 17.9 Å². The first-order valence-electron chi connectivity index (χ1n) is 18.4. The lowest BCUT2D eigenvalue weighted by Gasteiger charge is -2.67. The maximum atomic E-state index is 14.2. The van der Waals surface area contributed by atoms with Gasteiger partial charge in [0.15, 0.2) is 11.5 Å². The molecule has 2 bridgehead atoms. The number of unbranched alkanes of at least 4 members (excludes halogenated alkanes) is 1. The van der Waals surface area contributed by atoms with Crippen LogP contribution >= 0.6 is 0 Å². The number of hydrogen-bond acceptors (Lipinski definition) is 16. The normalized spacial score (nSPS) is 46.2. The average Bonchev–Trinajstić information content (AvgIpc) is 3.42. The minimum absolute atomic E-state index is 0.0309. The molecule has 6 aliphatic rings. The number of ketones is 1. The third-order valence-electron chi connectivity index (χ3n) is 13.0. The Kier molecular flexibility index (Phi) is 10.7. The topological polar surface area (TPSA) is 245 Å². The van der Waals surface area contributed by atoms with Gasteiger partial charge in [-0.15, -0.1) is 0 Å². The fraction of sp³-hybridized carbons (Fsp3) is 0.784. The largest absolute Gasteiger partial charge is 0.463 e. The highest BCUT2D eigenvalue weighted by Gasteiger charge is 2.85. The highest BCUT2D eigenvalue weighted by molar-refractivity contribution is 5.97. The van der Waals surface area contributed by atoms with Gasteiger partial charge in [-0.1, -0.05) is 46.6 Å². The van der Waals surface area contributed by atoms with Crippen LogP contribution in [-0.4, -0.2) is 135 Å². The Bertz CT molecular complexity index is 1540. The first-order chi connectivity index (χ1) is 24.9. The number of rotatable bonds is 10. The van der Waals surface area contributed by atoms with E-state index < -0.39 is 126 Å². The molecule has 16 nitrogen and oxygen atoms in total. The zero-order chi connectivity index (χ0) is 38.9. The Labute approximate surface area is 307 Å². The van der Waals surface area contributed by atoms with E-state index >= 15 is 0 Å². The van der Waals surface area contributed by atoms with Gasteiger partial charge < -0.3 is 59.1 Å². The third kappa shape index (κ3) is 5.86. The van der Waals surface area contributed by atoms with Crippen molar-refractivity contribution in [3.63, 3.8) is 0 Å². The molecule has 16 heteroatoms. The molecule has 53 heavy (non-hydrogen) atoms. The number of ether oxygens (including phenoxy) is 6. The van der Waals surface area contributed by atoms with E-state index in [2.05, 4.69) is 0 Å². The van der Waals surface area contributed by atoms with Gasteiger partial charge in [0.25, 0.3) is 0 Å². The summed E-state index contributed by atoms with van der Waals surface area (Å²) in [4.78, 5) is 55.4. The number of hydrogen-bond donors (Lipinski definition) is 6. The van der Waals surface area contributed by atoms with E-state index in [4.69, 9.17) is 28.4 Å². The second-order valence-electron chi connectivity index (χ2n) is 16.1. The van der Waals surface area contributed by atoms with Crippen LogP contribution in [0.2, 0.25) is 0 Å². The number of carbonyl (C=O) groups is 4. The van der Waals surface area contributed by atoms with E-state index in [0.717, 1.165) is 0 Å². The number of Topliss-reactive ketones (excluding diaryl/α,β-unsaturated/α-hetero) is 1. The molecule has 0 aromatic carbocycles. The van der Waals surface area contributed by atoms with E-state index in [-0.39, 0.29) is 31.3 Å². The molecule has 5 fully saturated rings. The lowest BCUT2D eigenvalue weighted by atomic mass is 9.38. The highest BCUT2D eigenvalue weighted by Crippen LogP contribution is 2.72. The summed E-state index contributed by atoms with van der Waals surface area (Å²) in [7, 11) is 0. The molecule has 3 heterocycles. The van der Waals surface area contributed by atoms with Crippen molar-refractivity contribution in [3.8, 4) is 0 Å². The van der Waals surface area contributed by atoms with Crippen LogP contribution in [0.3, 0.4) is 0 Å². The molecule has 3 aliphatic carbocycles. The van der Waals surface area contributed by atoms with Crippen molar-refractivity contribution in [3.05, 3.63) is 23.5 Å². The van der Waals surface area contributed by atoms with Gasteiger partial charge in [-0.3, -0.25) is 4.79 Å². The van der Waals surface area contributed by atoms with Crippen molar-refractivity contribution < 1.29 is 78.2 Å². The Morgan fingerprint density at radius 3 is 2.40 bits per heavy atom. The summed E-state index contributed by atoms with van der Waals surface area (Å²) in [5.74, 6) is -7.79. The van der Waals surface area contributed by atoms with Crippen molar-refractivity contribution in [2.75, 3.05) is 19.8 Å². The maximum Gasteiger partial charge on any atom is 0.348 e. The standard InChI is InChI=1S/C37H52O16/c1-7-8-9-48-34(47)37-30-28(53-22(39)10-16(4)15(2)3)32(46)52-21-11-18-17(5)23(40)19(50-33-26(43)25(42)24(41)20(13-38)51-33)12-35(18,6)29(27(44)31(37)45)36(21,30)14-49-37/h10,12,15,17-18,20-21,24-31,33,38,41-45H,7-9,11,13-14H2,1-6H3/b16-10+/t17-,18-,20+,21+,24+,25-,26+,27+,28+,29+,30+,31-,33+,35-,36+,37-/m0/s1. The fourth-order valence-corrected chi connectivity index (χ4v) is 9.95. The minimum Gasteiger partial charge on any atom is -0.463 e. The van der Waals surface area contributed by atoms with Crippen molar-refractivity contribution in [2.45, 2.75) is 122 Å². The van der Waals surface area contributed by atoms with Gasteiger partial charge in [0, 0.05) is 23.3 Å². The molecule has 6 rings (SSSR count). The van der Waals surface area contributed by atoms with Gasteiger partial charge in [0.2, 0.25) is 18.0 Å². The van der Waals surface area contributed by atoms with E-state index in [1.54, 1.807) is 20.8 Å². The molecule has 3 aliphatic heterocycles.